The van der Waals surface area contributed by atoms with E-state index < -0.39 is 23.5 Å². The van der Waals surface area contributed by atoms with Crippen LogP contribution in [0.4, 0.5) is 5.95 Å². The molecule has 1 aliphatic rings. The van der Waals surface area contributed by atoms with Gasteiger partial charge in [-0.25, -0.2) is 4.98 Å². The molecule has 1 aromatic carbocycles. The Morgan fingerprint density at radius 1 is 1.20 bits per heavy atom. The second-order valence-corrected chi connectivity index (χ2v) is 7.01. The Bertz CT molecular complexity index is 1310. The van der Waals surface area contributed by atoms with E-state index in [0.717, 1.165) is 11.1 Å². The van der Waals surface area contributed by atoms with E-state index in [0.29, 0.717) is 11.1 Å². The molecule has 0 spiro atoms. The summed E-state index contributed by atoms with van der Waals surface area (Å²) in [6.07, 6.45) is 4.48. The van der Waals surface area contributed by atoms with E-state index in [9.17, 15) is 14.7 Å². The molecule has 8 heteroatoms. The van der Waals surface area contributed by atoms with Crippen molar-refractivity contribution >= 4 is 28.7 Å². The van der Waals surface area contributed by atoms with E-state index >= 15 is 0 Å². The molecule has 0 bridgehead atoms. The number of aryl methyl sites for hydroxylation is 1. The minimum Gasteiger partial charge on any atom is -0.503 e. The fraction of sp³-hybridized carbons (Fsp3) is 0.0909. The Balaban J connectivity index is 1.68. The van der Waals surface area contributed by atoms with Crippen molar-refractivity contribution in [2.75, 3.05) is 4.90 Å². The molecule has 2 N–H and O–H groups in total. The van der Waals surface area contributed by atoms with Crippen LogP contribution in [0.25, 0.3) is 11.0 Å². The van der Waals surface area contributed by atoms with Crippen molar-refractivity contribution in [1.82, 2.24) is 15.0 Å². The Morgan fingerprint density at radius 3 is 2.73 bits per heavy atom. The average Bonchev–Trinajstić information content (AvgIpc) is 3.47. The van der Waals surface area contributed by atoms with Gasteiger partial charge >= 0.3 is 0 Å². The van der Waals surface area contributed by atoms with Crippen molar-refractivity contribution in [2.24, 2.45) is 0 Å². The van der Waals surface area contributed by atoms with Gasteiger partial charge in [0.25, 0.3) is 5.91 Å². The van der Waals surface area contributed by atoms with Crippen LogP contribution in [0.1, 0.15) is 27.7 Å². The summed E-state index contributed by atoms with van der Waals surface area (Å²) in [7, 11) is 0. The van der Waals surface area contributed by atoms with E-state index in [1.54, 1.807) is 30.6 Å². The van der Waals surface area contributed by atoms with Crippen LogP contribution in [-0.4, -0.2) is 31.7 Å². The van der Waals surface area contributed by atoms with Gasteiger partial charge in [0.1, 0.15) is 0 Å². The van der Waals surface area contributed by atoms with Gasteiger partial charge in [-0.05, 0) is 54.4 Å². The number of amides is 1. The number of hydrogen-bond donors (Lipinski definition) is 2. The summed E-state index contributed by atoms with van der Waals surface area (Å²) in [4.78, 5) is 39.1. The maximum atomic E-state index is 13.1. The predicted molar refractivity (Wildman–Crippen MR) is 108 cm³/mol. The highest BCUT2D eigenvalue weighted by atomic mass is 16.3. The van der Waals surface area contributed by atoms with Crippen LogP contribution in [0.3, 0.4) is 0 Å². The van der Waals surface area contributed by atoms with Crippen LogP contribution in [0.5, 0.6) is 0 Å². The second kappa shape index (κ2) is 6.70. The predicted octanol–water partition coefficient (Wildman–Crippen LogP) is 3.64. The van der Waals surface area contributed by atoms with E-state index in [4.69, 9.17) is 4.42 Å². The molecule has 1 aliphatic heterocycles. The third-order valence-corrected chi connectivity index (χ3v) is 5.07. The van der Waals surface area contributed by atoms with Crippen molar-refractivity contribution in [3.63, 3.8) is 0 Å². The molecule has 0 radical (unpaired) electrons. The highest BCUT2D eigenvalue weighted by molar-refractivity contribution is 6.19. The summed E-state index contributed by atoms with van der Waals surface area (Å²) in [6.45, 7) is 1.95. The smallest absolute Gasteiger partial charge is 0.296 e. The number of anilines is 1. The van der Waals surface area contributed by atoms with Gasteiger partial charge in [-0.2, -0.15) is 0 Å². The number of furan rings is 1. The number of nitrogens with one attached hydrogen (secondary N) is 1. The molecule has 0 saturated heterocycles. The first-order valence-corrected chi connectivity index (χ1v) is 9.26. The van der Waals surface area contributed by atoms with Crippen molar-refractivity contribution in [3.05, 3.63) is 89.3 Å². The van der Waals surface area contributed by atoms with Gasteiger partial charge in [-0.1, -0.05) is 6.07 Å². The van der Waals surface area contributed by atoms with Crippen LogP contribution in [0, 0.1) is 6.92 Å². The van der Waals surface area contributed by atoms with Crippen LogP contribution in [-0.2, 0) is 4.79 Å². The van der Waals surface area contributed by atoms with Crippen LogP contribution < -0.4 is 4.90 Å². The van der Waals surface area contributed by atoms with Gasteiger partial charge in [0.2, 0.25) is 11.7 Å². The lowest BCUT2D eigenvalue weighted by Gasteiger charge is -2.24. The largest absolute Gasteiger partial charge is 0.503 e. The molecule has 3 aromatic heterocycles. The number of ketones is 1. The van der Waals surface area contributed by atoms with Crippen molar-refractivity contribution in [3.8, 4) is 0 Å². The zero-order valence-corrected chi connectivity index (χ0v) is 15.9. The summed E-state index contributed by atoms with van der Waals surface area (Å²) in [6, 6.07) is 11.2. The number of nitrogens with zero attached hydrogens (tertiary/aromatic N) is 3. The molecule has 0 aliphatic carbocycles. The monoisotopic (exact) mass is 400 g/mol. The number of pyridine rings is 1. The average molecular weight is 400 g/mol. The number of aliphatic hydroxyl groups is 1. The van der Waals surface area contributed by atoms with E-state index in [1.807, 2.05) is 25.1 Å². The minimum atomic E-state index is -0.889. The van der Waals surface area contributed by atoms with Crippen LogP contribution in [0.15, 0.2) is 76.9 Å². The van der Waals surface area contributed by atoms with Gasteiger partial charge in [-0.15, -0.1) is 0 Å². The van der Waals surface area contributed by atoms with Crippen molar-refractivity contribution < 1.29 is 19.1 Å². The van der Waals surface area contributed by atoms with Crippen LogP contribution >= 0.6 is 0 Å². The molecule has 30 heavy (non-hydrogen) atoms. The number of aromatic nitrogens is 3. The molecule has 1 amide bonds. The van der Waals surface area contributed by atoms with E-state index in [-0.39, 0.29) is 17.3 Å². The third kappa shape index (κ3) is 2.69. The number of benzene rings is 1. The number of carbonyl (C=O) groups is 2. The second-order valence-electron chi connectivity index (χ2n) is 7.01. The zero-order chi connectivity index (χ0) is 20.8. The lowest BCUT2D eigenvalue weighted by molar-refractivity contribution is -0.117. The molecule has 0 saturated carbocycles. The third-order valence-electron chi connectivity index (χ3n) is 5.07. The van der Waals surface area contributed by atoms with Crippen LogP contribution in [0.2, 0.25) is 0 Å². The lowest BCUT2D eigenvalue weighted by atomic mass is 9.96. The first-order chi connectivity index (χ1) is 14.5. The zero-order valence-electron chi connectivity index (χ0n) is 15.9. The topological polar surface area (TPSA) is 112 Å². The quantitative estimate of drug-likeness (QED) is 0.506. The number of imidazole rings is 1. The summed E-state index contributed by atoms with van der Waals surface area (Å²) < 4.78 is 5.22. The number of aliphatic hydroxyl groups excluding tert-OH is 1. The van der Waals surface area contributed by atoms with E-state index in [1.165, 1.54) is 17.2 Å². The molecule has 4 aromatic rings. The Kier molecular flexibility index (Phi) is 3.99. The molecule has 148 valence electrons. The first-order valence-electron chi connectivity index (χ1n) is 9.26. The molecule has 0 fully saturated rings. The summed E-state index contributed by atoms with van der Waals surface area (Å²) in [5.41, 5.74) is 2.98. The summed E-state index contributed by atoms with van der Waals surface area (Å²) in [5, 5.41) is 10.7. The highest BCUT2D eigenvalue weighted by Gasteiger charge is 2.46. The van der Waals surface area contributed by atoms with Gasteiger partial charge in [0.05, 0.1) is 28.9 Å². The van der Waals surface area contributed by atoms with Crippen molar-refractivity contribution in [2.45, 2.75) is 13.0 Å². The van der Waals surface area contributed by atoms with Gasteiger partial charge in [-0.3, -0.25) is 19.5 Å². The summed E-state index contributed by atoms with van der Waals surface area (Å²) in [5.74, 6) is -1.65. The fourth-order valence-electron chi connectivity index (χ4n) is 3.68. The SMILES string of the molecule is Cc1ccc2nc(N3C(=O)C(O)=C(C(=O)c4ccco4)C3c3ccncc3)[nH]c2c1. The minimum absolute atomic E-state index is 0.0329. The molecule has 1 unspecified atom stereocenters. The Hall–Kier alpha value is -4.20. The lowest BCUT2D eigenvalue weighted by Crippen LogP contribution is -2.32. The number of carbonyl (C=O) groups excluding carboxylic acids is 2. The summed E-state index contributed by atoms with van der Waals surface area (Å²) >= 11 is 0. The number of hydrogen-bond acceptors (Lipinski definition) is 6. The van der Waals surface area contributed by atoms with Gasteiger partial charge in [0, 0.05) is 12.4 Å². The molecule has 1 atom stereocenters. The number of Topliss-reactive ketones (excluding diaryl/α,β-unsaturated/α-hetero) is 1. The normalized spacial score (nSPS) is 16.6. The van der Waals surface area contributed by atoms with E-state index in [2.05, 4.69) is 15.0 Å². The van der Waals surface area contributed by atoms with Gasteiger partial charge in [0.15, 0.2) is 11.5 Å². The molecule has 4 heterocycles. The molecule has 8 nitrogen and oxygen atoms in total. The fourth-order valence-corrected chi connectivity index (χ4v) is 3.68. The molecular formula is C22H16N4O4. The standard InChI is InChI=1S/C22H16N4O4/c1-12-4-5-14-15(11-12)25-22(24-14)26-18(13-6-8-23-9-7-13)17(20(28)21(26)29)19(27)16-3-2-10-30-16/h2-11,18,28H,1H3,(H,24,25). The number of fused-ring (bicyclic) bond motifs is 1. The van der Waals surface area contributed by atoms with Crippen molar-refractivity contribution in [1.29, 1.82) is 0 Å². The number of H-pyrrole nitrogens is 1. The Morgan fingerprint density at radius 2 is 2.00 bits per heavy atom. The Labute approximate surface area is 170 Å². The maximum absolute atomic E-state index is 13.1. The number of rotatable bonds is 4. The molecule has 5 rings (SSSR count). The highest BCUT2D eigenvalue weighted by Crippen LogP contribution is 2.41. The number of aromatic amines is 1. The molecular weight excluding hydrogens is 384 g/mol. The first kappa shape index (κ1) is 17.9. The maximum Gasteiger partial charge on any atom is 0.296 e. The van der Waals surface area contributed by atoms with Gasteiger partial charge < -0.3 is 14.5 Å².